The summed E-state index contributed by atoms with van der Waals surface area (Å²) < 4.78 is 1.14. The van der Waals surface area contributed by atoms with E-state index in [1.165, 1.54) is 23.4 Å². The van der Waals surface area contributed by atoms with Gasteiger partial charge in [-0.3, -0.25) is 0 Å². The van der Waals surface area contributed by atoms with Crippen molar-refractivity contribution in [1.82, 2.24) is 5.32 Å². The van der Waals surface area contributed by atoms with E-state index in [4.69, 9.17) is 0 Å². The Balaban J connectivity index is 3.00. The third kappa shape index (κ3) is 4.18. The molecule has 0 heterocycles. The lowest BCUT2D eigenvalue weighted by Crippen LogP contribution is -2.34. The van der Waals surface area contributed by atoms with Gasteiger partial charge in [0.15, 0.2) is 0 Å². The molecule has 0 amide bonds. The van der Waals surface area contributed by atoms with Gasteiger partial charge in [0.05, 0.1) is 0 Å². The van der Waals surface area contributed by atoms with Crippen molar-refractivity contribution < 1.29 is 0 Å². The Morgan fingerprint density at radius 3 is 2.72 bits per heavy atom. The molecule has 102 valence electrons. The van der Waals surface area contributed by atoms with Crippen molar-refractivity contribution in [2.45, 2.75) is 25.9 Å². The molecule has 0 aliphatic rings. The second kappa shape index (κ2) is 8.08. The minimum Gasteiger partial charge on any atom is -0.370 e. The Morgan fingerprint density at radius 2 is 2.17 bits per heavy atom. The first-order valence-corrected chi connectivity index (χ1v) is 8.47. The predicted octanol–water partition coefficient (Wildman–Crippen LogP) is 3.75. The summed E-state index contributed by atoms with van der Waals surface area (Å²) in [5.41, 5.74) is 2.67. The maximum absolute atomic E-state index is 3.57. The number of nitrogens with one attached hydrogen (secondary N) is 1. The van der Waals surface area contributed by atoms with Crippen LogP contribution in [0.15, 0.2) is 22.7 Å². The molecule has 0 spiro atoms. The molecule has 1 atom stereocenters. The third-order valence-electron chi connectivity index (χ3n) is 3.17. The second-order valence-electron chi connectivity index (χ2n) is 4.43. The first-order valence-electron chi connectivity index (χ1n) is 6.28. The Labute approximate surface area is 124 Å². The summed E-state index contributed by atoms with van der Waals surface area (Å²) in [5, 5.41) is 3.24. The summed E-state index contributed by atoms with van der Waals surface area (Å²) in [6, 6.07) is 7.11. The van der Waals surface area contributed by atoms with E-state index in [1.807, 2.05) is 18.8 Å². The highest BCUT2D eigenvalue weighted by Crippen LogP contribution is 2.27. The molecule has 0 aromatic heterocycles. The maximum Gasteiger partial charge on any atom is 0.0423 e. The summed E-state index contributed by atoms with van der Waals surface area (Å²) in [5.74, 6) is 1.17. The highest BCUT2D eigenvalue weighted by molar-refractivity contribution is 9.10. The zero-order valence-electron chi connectivity index (χ0n) is 11.7. The molecule has 0 aliphatic heterocycles. The van der Waals surface area contributed by atoms with E-state index in [-0.39, 0.29) is 0 Å². The highest BCUT2D eigenvalue weighted by Gasteiger charge is 2.15. The van der Waals surface area contributed by atoms with Crippen LogP contribution in [0.2, 0.25) is 0 Å². The lowest BCUT2D eigenvalue weighted by atomic mass is 10.1. The summed E-state index contributed by atoms with van der Waals surface area (Å²) in [6.45, 7) is 3.16. The van der Waals surface area contributed by atoms with Crippen LogP contribution in [0.3, 0.4) is 0 Å². The fourth-order valence-electron chi connectivity index (χ4n) is 2.10. The van der Waals surface area contributed by atoms with E-state index in [0.29, 0.717) is 6.04 Å². The number of rotatable bonds is 7. The highest BCUT2D eigenvalue weighted by atomic mass is 79.9. The molecular weight excluding hydrogens is 308 g/mol. The lowest BCUT2D eigenvalue weighted by Gasteiger charge is -2.31. The van der Waals surface area contributed by atoms with Crippen molar-refractivity contribution in [1.29, 1.82) is 0 Å². The fraction of sp³-hybridized carbons (Fsp3) is 0.571. The zero-order chi connectivity index (χ0) is 13.5. The third-order valence-corrected chi connectivity index (χ3v) is 4.38. The Bertz CT molecular complexity index is 371. The van der Waals surface area contributed by atoms with Gasteiger partial charge in [-0.15, -0.1) is 0 Å². The van der Waals surface area contributed by atoms with Gasteiger partial charge in [0.2, 0.25) is 0 Å². The van der Waals surface area contributed by atoms with Gasteiger partial charge in [0.1, 0.15) is 0 Å². The predicted molar refractivity (Wildman–Crippen MR) is 87.8 cm³/mol. The van der Waals surface area contributed by atoms with Crippen LogP contribution in [0.1, 0.15) is 18.9 Å². The van der Waals surface area contributed by atoms with Gasteiger partial charge >= 0.3 is 0 Å². The van der Waals surface area contributed by atoms with Crippen molar-refractivity contribution in [2.75, 3.05) is 31.0 Å². The molecular formula is C14H23BrN2S. The average Bonchev–Trinajstić information content (AvgIpc) is 2.37. The number of halogens is 1. The van der Waals surface area contributed by atoms with Crippen molar-refractivity contribution >= 4 is 33.4 Å². The van der Waals surface area contributed by atoms with Crippen molar-refractivity contribution in [3.8, 4) is 0 Å². The van der Waals surface area contributed by atoms with Gasteiger partial charge < -0.3 is 10.2 Å². The lowest BCUT2D eigenvalue weighted by molar-refractivity contribution is 0.667. The molecule has 0 saturated carbocycles. The van der Waals surface area contributed by atoms with Gasteiger partial charge in [-0.2, -0.15) is 11.8 Å². The topological polar surface area (TPSA) is 15.3 Å². The number of hydrogen-bond donors (Lipinski definition) is 1. The quantitative estimate of drug-likeness (QED) is 0.819. The number of hydrogen-bond acceptors (Lipinski definition) is 3. The van der Waals surface area contributed by atoms with Crippen LogP contribution in [0, 0.1) is 0 Å². The molecule has 0 saturated heterocycles. The minimum absolute atomic E-state index is 0.588. The SMILES string of the molecule is CCC(CSC)N(C)c1cc(Br)ccc1CNC. The molecule has 4 heteroatoms. The first-order chi connectivity index (χ1) is 8.63. The summed E-state index contributed by atoms with van der Waals surface area (Å²) in [6.07, 6.45) is 3.34. The Kier molecular flexibility index (Phi) is 7.12. The van der Waals surface area contributed by atoms with Gasteiger partial charge in [-0.05, 0) is 37.4 Å². The molecule has 1 aromatic rings. The van der Waals surface area contributed by atoms with Crippen LogP contribution in [-0.2, 0) is 6.54 Å². The van der Waals surface area contributed by atoms with Crippen LogP contribution in [0.4, 0.5) is 5.69 Å². The van der Waals surface area contributed by atoms with E-state index in [9.17, 15) is 0 Å². The van der Waals surface area contributed by atoms with E-state index in [2.05, 4.69) is 64.6 Å². The Morgan fingerprint density at radius 1 is 1.44 bits per heavy atom. The molecule has 1 N–H and O–H groups in total. The summed E-state index contributed by atoms with van der Waals surface area (Å²) in [7, 11) is 4.19. The van der Waals surface area contributed by atoms with Gasteiger partial charge in [0.25, 0.3) is 0 Å². The monoisotopic (exact) mass is 330 g/mol. The van der Waals surface area contributed by atoms with E-state index in [1.54, 1.807) is 0 Å². The second-order valence-corrected chi connectivity index (χ2v) is 6.26. The number of anilines is 1. The van der Waals surface area contributed by atoms with E-state index < -0.39 is 0 Å². The molecule has 2 nitrogen and oxygen atoms in total. The molecule has 1 rings (SSSR count). The van der Waals surface area contributed by atoms with Crippen LogP contribution in [-0.4, -0.2) is 32.1 Å². The molecule has 1 unspecified atom stereocenters. The van der Waals surface area contributed by atoms with Crippen LogP contribution in [0.5, 0.6) is 0 Å². The molecule has 0 radical (unpaired) electrons. The zero-order valence-corrected chi connectivity index (χ0v) is 14.1. The van der Waals surface area contributed by atoms with Crippen LogP contribution < -0.4 is 10.2 Å². The largest absolute Gasteiger partial charge is 0.370 e. The summed E-state index contributed by atoms with van der Waals surface area (Å²) >= 11 is 5.49. The van der Waals surface area contributed by atoms with Crippen molar-refractivity contribution in [3.63, 3.8) is 0 Å². The van der Waals surface area contributed by atoms with Gasteiger partial charge in [-0.1, -0.05) is 28.9 Å². The number of benzene rings is 1. The number of nitrogens with zero attached hydrogens (tertiary/aromatic N) is 1. The van der Waals surface area contributed by atoms with E-state index >= 15 is 0 Å². The molecule has 0 bridgehead atoms. The molecule has 0 fully saturated rings. The van der Waals surface area contributed by atoms with Gasteiger partial charge in [0, 0.05) is 35.5 Å². The van der Waals surface area contributed by atoms with E-state index in [0.717, 1.165) is 11.0 Å². The van der Waals surface area contributed by atoms with Crippen molar-refractivity contribution in [3.05, 3.63) is 28.2 Å². The van der Waals surface area contributed by atoms with Crippen molar-refractivity contribution in [2.24, 2.45) is 0 Å². The summed E-state index contributed by atoms with van der Waals surface area (Å²) in [4.78, 5) is 2.41. The first kappa shape index (κ1) is 15.9. The number of thioether (sulfide) groups is 1. The Hall–Kier alpha value is -0.190. The average molecular weight is 331 g/mol. The minimum atomic E-state index is 0.588. The normalized spacial score (nSPS) is 12.5. The smallest absolute Gasteiger partial charge is 0.0423 e. The van der Waals surface area contributed by atoms with Crippen LogP contribution in [0.25, 0.3) is 0 Å². The van der Waals surface area contributed by atoms with Gasteiger partial charge in [-0.25, -0.2) is 0 Å². The fourth-order valence-corrected chi connectivity index (χ4v) is 3.29. The van der Waals surface area contributed by atoms with Crippen LogP contribution >= 0.6 is 27.7 Å². The molecule has 0 aliphatic carbocycles. The molecule has 18 heavy (non-hydrogen) atoms. The maximum atomic E-state index is 3.57. The standard InChI is InChI=1S/C14H23BrN2S/c1-5-13(10-18-4)17(3)14-8-12(15)7-6-11(14)9-16-2/h6-8,13,16H,5,9-10H2,1-4H3. The molecule has 1 aromatic carbocycles.